The van der Waals surface area contributed by atoms with Crippen LogP contribution in [-0.4, -0.2) is 32.0 Å². The van der Waals surface area contributed by atoms with E-state index in [0.717, 1.165) is 25.1 Å². The Morgan fingerprint density at radius 3 is 2.90 bits per heavy atom. The van der Waals surface area contributed by atoms with Crippen LogP contribution in [0, 0.1) is 0 Å². The van der Waals surface area contributed by atoms with E-state index >= 15 is 0 Å². The molecule has 1 aromatic heterocycles. The number of anilines is 2. The van der Waals surface area contributed by atoms with E-state index in [1.54, 1.807) is 12.1 Å². The van der Waals surface area contributed by atoms with Gasteiger partial charge in [0, 0.05) is 31.7 Å². The second-order valence-corrected chi connectivity index (χ2v) is 6.69. The maximum atomic E-state index is 12.4. The van der Waals surface area contributed by atoms with Crippen LogP contribution in [0.15, 0.2) is 41.7 Å². The fraction of sp³-hybridized carbons (Fsp3) is 0.286. The van der Waals surface area contributed by atoms with Gasteiger partial charge < -0.3 is 4.90 Å². The lowest BCUT2D eigenvalue weighted by atomic mass is 10.0. The van der Waals surface area contributed by atoms with Gasteiger partial charge in [0.15, 0.2) is 5.82 Å². The number of benzene rings is 1. The van der Waals surface area contributed by atoms with Gasteiger partial charge in [0.25, 0.3) is 10.0 Å². The molecule has 2 aromatic rings. The molecular weight excluding hydrogens is 288 g/mol. The summed E-state index contributed by atoms with van der Waals surface area (Å²) in [6.07, 6.45) is 6.39. The molecule has 1 N–H and O–H groups in total. The van der Waals surface area contributed by atoms with Crippen molar-refractivity contribution in [1.82, 2.24) is 9.97 Å². The Morgan fingerprint density at radius 1 is 1.29 bits per heavy atom. The van der Waals surface area contributed by atoms with Crippen LogP contribution in [0.4, 0.5) is 11.5 Å². The number of aryl methyl sites for hydroxylation is 1. The van der Waals surface area contributed by atoms with E-state index in [-0.39, 0.29) is 10.7 Å². The summed E-state index contributed by atoms with van der Waals surface area (Å²) in [5.41, 5.74) is 2.16. The average molecular weight is 304 g/mol. The predicted octanol–water partition coefficient (Wildman–Crippen LogP) is 1.66. The molecule has 0 saturated carbocycles. The molecule has 0 radical (unpaired) electrons. The number of fused-ring (bicyclic) bond motifs is 1. The molecule has 0 bridgehead atoms. The van der Waals surface area contributed by atoms with Gasteiger partial charge in [0.05, 0.1) is 11.1 Å². The third kappa shape index (κ3) is 2.82. The first-order valence-electron chi connectivity index (χ1n) is 6.69. The van der Waals surface area contributed by atoms with Gasteiger partial charge in [-0.15, -0.1) is 0 Å². The Labute approximate surface area is 123 Å². The average Bonchev–Trinajstić information content (AvgIpc) is 2.48. The zero-order chi connectivity index (χ0) is 14.9. The molecule has 0 amide bonds. The number of sulfonamides is 1. The van der Waals surface area contributed by atoms with Crippen LogP contribution >= 0.6 is 0 Å². The molecule has 1 aliphatic rings. The molecule has 0 spiro atoms. The Morgan fingerprint density at radius 2 is 2.14 bits per heavy atom. The zero-order valence-electron chi connectivity index (χ0n) is 11.7. The molecule has 2 heterocycles. The zero-order valence-corrected chi connectivity index (χ0v) is 12.5. The highest BCUT2D eigenvalue weighted by atomic mass is 32.2. The number of nitrogens with one attached hydrogen (secondary N) is 1. The van der Waals surface area contributed by atoms with Crippen molar-refractivity contribution < 1.29 is 8.42 Å². The lowest BCUT2D eigenvalue weighted by molar-refractivity contribution is 0.600. The van der Waals surface area contributed by atoms with Gasteiger partial charge in [-0.2, -0.15) is 0 Å². The lowest BCUT2D eigenvalue weighted by Crippen LogP contribution is -2.25. The van der Waals surface area contributed by atoms with Crippen molar-refractivity contribution >= 4 is 21.5 Å². The molecule has 1 aliphatic heterocycles. The van der Waals surface area contributed by atoms with Gasteiger partial charge in [-0.3, -0.25) is 9.71 Å². The van der Waals surface area contributed by atoms with Crippen LogP contribution in [0.2, 0.25) is 0 Å². The third-order valence-corrected chi connectivity index (χ3v) is 4.87. The van der Waals surface area contributed by atoms with Gasteiger partial charge >= 0.3 is 0 Å². The molecular formula is C14H16N4O2S. The van der Waals surface area contributed by atoms with Gasteiger partial charge in [-0.25, -0.2) is 13.4 Å². The summed E-state index contributed by atoms with van der Waals surface area (Å²) in [6.45, 7) is 0.939. The van der Waals surface area contributed by atoms with Crippen molar-refractivity contribution in [2.24, 2.45) is 0 Å². The van der Waals surface area contributed by atoms with E-state index in [0.29, 0.717) is 0 Å². The highest BCUT2D eigenvalue weighted by Gasteiger charge is 2.20. The predicted molar refractivity (Wildman–Crippen MR) is 80.9 cm³/mol. The highest BCUT2D eigenvalue weighted by Crippen LogP contribution is 2.29. The summed E-state index contributed by atoms with van der Waals surface area (Å²) in [5, 5.41) is 0. The summed E-state index contributed by atoms with van der Waals surface area (Å²) in [7, 11) is -1.67. The minimum atomic E-state index is -3.65. The molecule has 0 saturated heterocycles. The Kier molecular flexibility index (Phi) is 3.50. The minimum Gasteiger partial charge on any atom is -0.374 e. The fourth-order valence-corrected chi connectivity index (χ4v) is 3.47. The summed E-state index contributed by atoms with van der Waals surface area (Å²) >= 11 is 0. The molecule has 110 valence electrons. The third-order valence-electron chi connectivity index (χ3n) is 3.52. The maximum Gasteiger partial charge on any atom is 0.263 e. The van der Waals surface area contributed by atoms with Crippen molar-refractivity contribution in [1.29, 1.82) is 0 Å². The van der Waals surface area contributed by atoms with Crippen LogP contribution in [0.5, 0.6) is 0 Å². The van der Waals surface area contributed by atoms with Crippen molar-refractivity contribution in [3.63, 3.8) is 0 Å². The van der Waals surface area contributed by atoms with Gasteiger partial charge in [0.2, 0.25) is 0 Å². The van der Waals surface area contributed by atoms with Crippen LogP contribution in [0.1, 0.15) is 12.0 Å². The Bertz CT molecular complexity index is 747. The van der Waals surface area contributed by atoms with Crippen molar-refractivity contribution in [2.75, 3.05) is 23.2 Å². The summed E-state index contributed by atoms with van der Waals surface area (Å²) < 4.78 is 27.2. The maximum absolute atomic E-state index is 12.4. The van der Waals surface area contributed by atoms with Crippen LogP contribution in [-0.2, 0) is 16.4 Å². The molecule has 1 aromatic carbocycles. The van der Waals surface area contributed by atoms with E-state index in [1.165, 1.54) is 24.2 Å². The van der Waals surface area contributed by atoms with E-state index < -0.39 is 10.0 Å². The largest absolute Gasteiger partial charge is 0.374 e. The molecule has 21 heavy (non-hydrogen) atoms. The van der Waals surface area contributed by atoms with E-state index in [9.17, 15) is 8.42 Å². The molecule has 0 aliphatic carbocycles. The number of hydrogen-bond donors (Lipinski definition) is 1. The van der Waals surface area contributed by atoms with Crippen LogP contribution in [0.3, 0.4) is 0 Å². The number of hydrogen-bond acceptors (Lipinski definition) is 5. The topological polar surface area (TPSA) is 75.2 Å². The number of aromatic nitrogens is 2. The van der Waals surface area contributed by atoms with Crippen molar-refractivity contribution in [3.8, 4) is 0 Å². The smallest absolute Gasteiger partial charge is 0.263 e. The quantitative estimate of drug-likeness (QED) is 0.933. The summed E-state index contributed by atoms with van der Waals surface area (Å²) in [4.78, 5) is 10.1. The van der Waals surface area contributed by atoms with Crippen molar-refractivity contribution in [3.05, 3.63) is 42.4 Å². The summed E-state index contributed by atoms with van der Waals surface area (Å²) in [5.74, 6) is 0.212. The van der Waals surface area contributed by atoms with Gasteiger partial charge in [-0.05, 0) is 30.5 Å². The molecule has 0 atom stereocenters. The SMILES string of the molecule is CN1CCCc2ccc(S(=O)(=O)Nc3cnccn3)cc21. The number of rotatable bonds is 3. The normalized spacial score (nSPS) is 14.6. The number of nitrogens with zero attached hydrogens (tertiary/aromatic N) is 3. The first-order chi connectivity index (χ1) is 10.1. The molecule has 3 rings (SSSR count). The van der Waals surface area contributed by atoms with Crippen LogP contribution in [0.25, 0.3) is 0 Å². The van der Waals surface area contributed by atoms with E-state index in [1.807, 2.05) is 13.1 Å². The van der Waals surface area contributed by atoms with Gasteiger partial charge in [-0.1, -0.05) is 6.07 Å². The lowest BCUT2D eigenvalue weighted by Gasteiger charge is -2.27. The molecule has 0 unspecified atom stereocenters. The van der Waals surface area contributed by atoms with E-state index in [2.05, 4.69) is 19.6 Å². The molecule has 0 fully saturated rings. The standard InChI is InChI=1S/C14H16N4O2S/c1-18-8-2-3-11-4-5-12(9-13(11)18)21(19,20)17-14-10-15-6-7-16-14/h4-7,9-10H,2-3,8H2,1H3,(H,16,17). The second-order valence-electron chi connectivity index (χ2n) is 5.01. The Hall–Kier alpha value is -2.15. The second kappa shape index (κ2) is 5.33. The fourth-order valence-electron chi connectivity index (χ4n) is 2.45. The summed E-state index contributed by atoms with van der Waals surface area (Å²) in [6, 6.07) is 5.24. The van der Waals surface area contributed by atoms with Crippen molar-refractivity contribution in [2.45, 2.75) is 17.7 Å². The molecule has 6 nitrogen and oxygen atoms in total. The van der Waals surface area contributed by atoms with E-state index in [4.69, 9.17) is 0 Å². The monoisotopic (exact) mass is 304 g/mol. The first-order valence-corrected chi connectivity index (χ1v) is 8.17. The minimum absolute atomic E-state index is 0.212. The first kappa shape index (κ1) is 13.8. The molecule has 7 heteroatoms. The van der Waals surface area contributed by atoms with Gasteiger partial charge in [0.1, 0.15) is 0 Å². The highest BCUT2D eigenvalue weighted by molar-refractivity contribution is 7.92. The van der Waals surface area contributed by atoms with Crippen LogP contribution < -0.4 is 9.62 Å². The Balaban J connectivity index is 1.94.